The van der Waals surface area contributed by atoms with E-state index in [2.05, 4.69) is 0 Å². The highest BCUT2D eigenvalue weighted by molar-refractivity contribution is 6.30. The van der Waals surface area contributed by atoms with Gasteiger partial charge < -0.3 is 4.74 Å². The third-order valence-corrected chi connectivity index (χ3v) is 1.59. The van der Waals surface area contributed by atoms with Crippen molar-refractivity contribution in [3.05, 3.63) is 28.8 Å². The molecule has 0 heterocycles. The second kappa shape index (κ2) is 4.85. The molecule has 0 bridgehead atoms. The zero-order valence-electron chi connectivity index (χ0n) is 6.02. The smallest absolute Gasteiger partial charge is 0.316 e. The molecule has 0 atom stereocenters. The third-order valence-electron chi connectivity index (χ3n) is 1.36. The molecule has 1 aromatic rings. The molecule has 0 saturated heterocycles. The molecular formula is C8H11ClMgO. The quantitative estimate of drug-likeness (QED) is 0.602. The van der Waals surface area contributed by atoms with Crippen LogP contribution in [0.4, 0.5) is 0 Å². The molecule has 0 aromatic heterocycles. The zero-order chi connectivity index (χ0) is 7.56. The first kappa shape index (κ1) is 11.1. The average Bonchev–Trinajstić information content (AvgIpc) is 1.88. The highest BCUT2D eigenvalue weighted by Crippen LogP contribution is 2.20. The van der Waals surface area contributed by atoms with Crippen LogP contribution >= 0.6 is 11.6 Å². The minimum atomic E-state index is 0. The molecule has 0 saturated carbocycles. The first-order valence-electron chi connectivity index (χ1n) is 3.04. The largest absolute Gasteiger partial charge is 0.496 e. The fourth-order valence-electron chi connectivity index (χ4n) is 0.842. The van der Waals surface area contributed by atoms with Gasteiger partial charge in [0.25, 0.3) is 0 Å². The van der Waals surface area contributed by atoms with E-state index in [1.54, 1.807) is 7.11 Å². The van der Waals surface area contributed by atoms with Crippen molar-refractivity contribution in [1.29, 1.82) is 0 Å². The van der Waals surface area contributed by atoms with Crippen molar-refractivity contribution in [3.8, 4) is 5.75 Å². The fourth-order valence-corrected chi connectivity index (χ4v) is 1.07. The van der Waals surface area contributed by atoms with E-state index in [1.165, 1.54) is 0 Å². The minimum absolute atomic E-state index is 0. The van der Waals surface area contributed by atoms with Crippen molar-refractivity contribution in [1.82, 2.24) is 0 Å². The topological polar surface area (TPSA) is 9.23 Å². The molecule has 1 aromatic carbocycles. The summed E-state index contributed by atoms with van der Waals surface area (Å²) in [6.45, 7) is 1.96. The number of ether oxygens (including phenoxy) is 1. The summed E-state index contributed by atoms with van der Waals surface area (Å²) < 4.78 is 5.04. The molecule has 0 spiro atoms. The summed E-state index contributed by atoms with van der Waals surface area (Å²) in [5, 5.41) is 0.748. The summed E-state index contributed by atoms with van der Waals surface area (Å²) in [4.78, 5) is 0. The van der Waals surface area contributed by atoms with E-state index in [9.17, 15) is 0 Å². The highest BCUT2D eigenvalue weighted by atomic mass is 35.5. The van der Waals surface area contributed by atoms with Gasteiger partial charge in [0.2, 0.25) is 0 Å². The first-order chi connectivity index (χ1) is 4.74. The van der Waals surface area contributed by atoms with Crippen LogP contribution in [0.2, 0.25) is 5.02 Å². The number of rotatable bonds is 1. The molecule has 11 heavy (non-hydrogen) atoms. The lowest BCUT2D eigenvalue weighted by molar-refractivity contribution is 0.411. The molecule has 0 amide bonds. The van der Waals surface area contributed by atoms with Gasteiger partial charge in [0.05, 0.1) is 7.11 Å². The number of methoxy groups -OCH3 is 1. The molecule has 3 heteroatoms. The molecule has 1 rings (SSSR count). The molecule has 1 nitrogen and oxygen atoms in total. The van der Waals surface area contributed by atoms with Crippen molar-refractivity contribution in [2.24, 2.45) is 0 Å². The van der Waals surface area contributed by atoms with Crippen LogP contribution in [0.15, 0.2) is 18.2 Å². The van der Waals surface area contributed by atoms with Gasteiger partial charge in [-0.05, 0) is 30.7 Å². The van der Waals surface area contributed by atoms with Crippen molar-refractivity contribution >= 4 is 34.7 Å². The maximum Gasteiger partial charge on any atom is 0.316 e. The summed E-state index contributed by atoms with van der Waals surface area (Å²) in [7, 11) is 1.65. The van der Waals surface area contributed by atoms with Crippen molar-refractivity contribution < 1.29 is 4.74 Å². The van der Waals surface area contributed by atoms with Crippen LogP contribution in [-0.2, 0) is 0 Å². The lowest BCUT2D eigenvalue weighted by Crippen LogP contribution is -1.85. The van der Waals surface area contributed by atoms with Gasteiger partial charge >= 0.3 is 23.1 Å². The van der Waals surface area contributed by atoms with Crippen LogP contribution < -0.4 is 4.74 Å². The van der Waals surface area contributed by atoms with Crippen molar-refractivity contribution in [2.45, 2.75) is 6.92 Å². The van der Waals surface area contributed by atoms with E-state index in [-0.39, 0.29) is 23.1 Å². The van der Waals surface area contributed by atoms with E-state index in [0.717, 1.165) is 16.3 Å². The summed E-state index contributed by atoms with van der Waals surface area (Å²) in [5.74, 6) is 0.879. The van der Waals surface area contributed by atoms with Gasteiger partial charge in [0.1, 0.15) is 5.75 Å². The Labute approximate surface area is 87.8 Å². The number of hydrogen-bond acceptors (Lipinski definition) is 1. The Morgan fingerprint density at radius 3 is 2.45 bits per heavy atom. The molecule has 0 unspecified atom stereocenters. The molecule has 0 fully saturated rings. The van der Waals surface area contributed by atoms with E-state index in [1.807, 2.05) is 25.1 Å². The van der Waals surface area contributed by atoms with Gasteiger partial charge in [-0.3, -0.25) is 0 Å². The SMILES string of the molecule is COc1ccc(Cl)cc1C.[MgH2]. The number of benzene rings is 1. The van der Waals surface area contributed by atoms with Gasteiger partial charge in [0.15, 0.2) is 0 Å². The highest BCUT2D eigenvalue weighted by Gasteiger charge is 1.95. The molecule has 0 N–H and O–H groups in total. The molecular weight excluding hydrogens is 172 g/mol. The lowest BCUT2D eigenvalue weighted by atomic mass is 10.2. The Hall–Kier alpha value is 0.0762. The van der Waals surface area contributed by atoms with Crippen LogP contribution in [0.3, 0.4) is 0 Å². The minimum Gasteiger partial charge on any atom is -0.496 e. The Balaban J connectivity index is 0.000001000. The number of hydrogen-bond donors (Lipinski definition) is 0. The van der Waals surface area contributed by atoms with Gasteiger partial charge in [-0.15, -0.1) is 0 Å². The predicted octanol–water partition coefficient (Wildman–Crippen LogP) is 1.74. The van der Waals surface area contributed by atoms with Gasteiger partial charge in [0, 0.05) is 5.02 Å². The predicted molar refractivity (Wildman–Crippen MR) is 51.3 cm³/mol. The fraction of sp³-hybridized carbons (Fsp3) is 0.250. The Bertz CT molecular complexity index is 238. The monoisotopic (exact) mass is 182 g/mol. The molecule has 0 aliphatic heterocycles. The zero-order valence-corrected chi connectivity index (χ0v) is 6.77. The van der Waals surface area contributed by atoms with E-state index < -0.39 is 0 Å². The summed E-state index contributed by atoms with van der Waals surface area (Å²) in [5.41, 5.74) is 1.06. The van der Waals surface area contributed by atoms with Crippen molar-refractivity contribution in [2.75, 3.05) is 7.11 Å². The summed E-state index contributed by atoms with van der Waals surface area (Å²) in [6, 6.07) is 5.55. The van der Waals surface area contributed by atoms with Crippen molar-refractivity contribution in [3.63, 3.8) is 0 Å². The maximum absolute atomic E-state index is 5.72. The van der Waals surface area contributed by atoms with Gasteiger partial charge in [-0.25, -0.2) is 0 Å². The number of halogens is 1. The van der Waals surface area contributed by atoms with Gasteiger partial charge in [-0.1, -0.05) is 11.6 Å². The van der Waals surface area contributed by atoms with Crippen LogP contribution in [-0.4, -0.2) is 30.2 Å². The normalized spacial score (nSPS) is 8.64. The van der Waals surface area contributed by atoms with Crippen LogP contribution in [0, 0.1) is 6.92 Å². The van der Waals surface area contributed by atoms with E-state index >= 15 is 0 Å². The Kier molecular flexibility index (Phi) is 4.89. The molecule has 0 aliphatic rings. The molecule has 0 radical (unpaired) electrons. The summed E-state index contributed by atoms with van der Waals surface area (Å²) >= 11 is 5.72. The molecule has 0 aliphatic carbocycles. The Morgan fingerprint density at radius 1 is 1.36 bits per heavy atom. The van der Waals surface area contributed by atoms with E-state index in [4.69, 9.17) is 16.3 Å². The van der Waals surface area contributed by atoms with Gasteiger partial charge in [-0.2, -0.15) is 0 Å². The van der Waals surface area contributed by atoms with Crippen LogP contribution in [0.25, 0.3) is 0 Å². The van der Waals surface area contributed by atoms with Crippen LogP contribution in [0.5, 0.6) is 5.75 Å². The molecule has 58 valence electrons. The second-order valence-corrected chi connectivity index (χ2v) is 2.55. The first-order valence-corrected chi connectivity index (χ1v) is 3.42. The average molecular weight is 183 g/mol. The third kappa shape index (κ3) is 2.89. The second-order valence-electron chi connectivity index (χ2n) is 2.11. The lowest BCUT2D eigenvalue weighted by Gasteiger charge is -2.02. The van der Waals surface area contributed by atoms with E-state index in [0.29, 0.717) is 0 Å². The van der Waals surface area contributed by atoms with Crippen LogP contribution in [0.1, 0.15) is 5.56 Å². The Morgan fingerprint density at radius 2 is 2.00 bits per heavy atom. The summed E-state index contributed by atoms with van der Waals surface area (Å²) in [6.07, 6.45) is 0. The number of aryl methyl sites for hydroxylation is 1. The maximum atomic E-state index is 5.72. The standard InChI is InChI=1S/C8H9ClO.Mg.2H/c1-6-5-7(9)3-4-8(6)10-2;;;/h3-5H,1-2H3;;;.